The third-order valence-corrected chi connectivity index (χ3v) is 2.75. The number of hydrogen-bond acceptors (Lipinski definition) is 2. The van der Waals surface area contributed by atoms with Crippen molar-refractivity contribution in [3.8, 4) is 6.07 Å². The summed E-state index contributed by atoms with van der Waals surface area (Å²) in [5, 5.41) is 11.0. The van der Waals surface area contributed by atoms with Crippen LogP contribution in [0.5, 0.6) is 0 Å². The van der Waals surface area contributed by atoms with Crippen LogP contribution in [-0.4, -0.2) is 11.9 Å². The minimum atomic E-state index is -1.28. The van der Waals surface area contributed by atoms with Gasteiger partial charge in [-0.1, -0.05) is 0 Å². The molecule has 1 fully saturated rings. The van der Waals surface area contributed by atoms with Crippen LogP contribution in [0.3, 0.4) is 0 Å². The van der Waals surface area contributed by atoms with Gasteiger partial charge < -0.3 is 5.32 Å². The van der Waals surface area contributed by atoms with Crippen molar-refractivity contribution in [1.82, 2.24) is 5.32 Å². The molecule has 1 aliphatic rings. The summed E-state index contributed by atoms with van der Waals surface area (Å²) in [6.07, 6.45) is 1.60. The number of carbonyl (C=O) groups is 1. The molecule has 3 nitrogen and oxygen atoms in total. The number of amides is 1. The fourth-order valence-corrected chi connectivity index (χ4v) is 1.66. The van der Waals surface area contributed by atoms with Gasteiger partial charge in [0.1, 0.15) is 29.1 Å². The van der Waals surface area contributed by atoms with Gasteiger partial charge in [-0.15, -0.1) is 0 Å². The highest BCUT2D eigenvalue weighted by atomic mass is 19.1. The van der Waals surface area contributed by atoms with Crippen LogP contribution in [0.2, 0.25) is 0 Å². The summed E-state index contributed by atoms with van der Waals surface area (Å²) in [6, 6.07) is 1.96. The molecule has 94 valence electrons. The Balaban J connectivity index is 2.21. The Hall–Kier alpha value is -2.03. The van der Waals surface area contributed by atoms with Gasteiger partial charge in [-0.3, -0.25) is 4.79 Å². The molecule has 1 N–H and O–H groups in total. The topological polar surface area (TPSA) is 52.9 Å². The van der Waals surface area contributed by atoms with Crippen LogP contribution in [0, 0.1) is 34.7 Å². The average Bonchev–Trinajstić information content (AvgIpc) is 3.08. The fraction of sp³-hybridized carbons (Fsp3) is 0.333. The van der Waals surface area contributed by atoms with Crippen molar-refractivity contribution in [3.63, 3.8) is 0 Å². The molecule has 0 heterocycles. The molecule has 0 spiro atoms. The van der Waals surface area contributed by atoms with Crippen LogP contribution in [0.4, 0.5) is 13.2 Å². The lowest BCUT2D eigenvalue weighted by Gasteiger charge is -2.11. The quantitative estimate of drug-likeness (QED) is 0.898. The van der Waals surface area contributed by atoms with Gasteiger partial charge in [0.05, 0.1) is 6.07 Å². The van der Waals surface area contributed by atoms with Gasteiger partial charge in [0.2, 0.25) is 0 Å². The van der Waals surface area contributed by atoms with E-state index >= 15 is 0 Å². The highest BCUT2D eigenvalue weighted by Gasteiger charge is 2.33. The van der Waals surface area contributed by atoms with Gasteiger partial charge in [-0.25, -0.2) is 13.2 Å². The Morgan fingerprint density at radius 3 is 2.33 bits per heavy atom. The highest BCUT2D eigenvalue weighted by molar-refractivity contribution is 5.95. The lowest BCUT2D eigenvalue weighted by molar-refractivity contribution is 0.0933. The SMILES string of the molecule is N#CC(NC(=O)c1c(F)cc(F)cc1F)C1CC1. The number of halogens is 3. The van der Waals surface area contributed by atoms with Gasteiger partial charge in [-0.2, -0.15) is 5.26 Å². The van der Waals surface area contributed by atoms with E-state index in [1.807, 2.05) is 6.07 Å². The number of nitrogens with one attached hydrogen (secondary N) is 1. The predicted octanol–water partition coefficient (Wildman–Crippen LogP) is 2.14. The Kier molecular flexibility index (Phi) is 3.24. The van der Waals surface area contributed by atoms with E-state index in [4.69, 9.17) is 5.26 Å². The summed E-state index contributed by atoms with van der Waals surface area (Å²) < 4.78 is 39.3. The van der Waals surface area contributed by atoms with Crippen molar-refractivity contribution in [2.75, 3.05) is 0 Å². The summed E-state index contributed by atoms with van der Waals surface area (Å²) in [5.74, 6) is -4.66. The van der Waals surface area contributed by atoms with Gasteiger partial charge in [-0.05, 0) is 18.8 Å². The molecule has 1 unspecified atom stereocenters. The molecule has 2 rings (SSSR count). The van der Waals surface area contributed by atoms with E-state index in [9.17, 15) is 18.0 Å². The molecule has 0 saturated heterocycles. The molecule has 0 aromatic heterocycles. The molecule has 0 bridgehead atoms. The zero-order chi connectivity index (χ0) is 13.3. The Labute approximate surface area is 101 Å². The number of nitriles is 1. The monoisotopic (exact) mass is 254 g/mol. The van der Waals surface area contributed by atoms with E-state index in [-0.39, 0.29) is 5.92 Å². The van der Waals surface area contributed by atoms with E-state index < -0.39 is 35.0 Å². The lowest BCUT2D eigenvalue weighted by atomic mass is 10.1. The lowest BCUT2D eigenvalue weighted by Crippen LogP contribution is -2.36. The standard InChI is InChI=1S/C12H9F3N2O/c13-7-3-8(14)11(9(15)4-7)12(18)17-10(5-16)6-1-2-6/h3-4,6,10H,1-2H2,(H,17,18). The molecule has 1 atom stereocenters. The van der Waals surface area contributed by atoms with Crippen LogP contribution in [0.25, 0.3) is 0 Å². The molecule has 1 amide bonds. The van der Waals surface area contributed by atoms with E-state index in [0.717, 1.165) is 12.8 Å². The van der Waals surface area contributed by atoms with Gasteiger partial charge >= 0.3 is 0 Å². The molecule has 18 heavy (non-hydrogen) atoms. The fourth-order valence-electron chi connectivity index (χ4n) is 1.66. The van der Waals surface area contributed by atoms with Crippen LogP contribution in [0.1, 0.15) is 23.2 Å². The Morgan fingerprint density at radius 1 is 1.33 bits per heavy atom. The summed E-state index contributed by atoms with van der Waals surface area (Å²) in [5.41, 5.74) is -0.864. The largest absolute Gasteiger partial charge is 0.336 e. The van der Waals surface area contributed by atoms with Crippen molar-refractivity contribution >= 4 is 5.91 Å². The van der Waals surface area contributed by atoms with Crippen LogP contribution >= 0.6 is 0 Å². The maximum atomic E-state index is 13.3. The average molecular weight is 254 g/mol. The van der Waals surface area contributed by atoms with E-state index in [2.05, 4.69) is 5.32 Å². The van der Waals surface area contributed by atoms with Crippen molar-refractivity contribution < 1.29 is 18.0 Å². The van der Waals surface area contributed by atoms with Crippen molar-refractivity contribution in [1.29, 1.82) is 5.26 Å². The van der Waals surface area contributed by atoms with Crippen molar-refractivity contribution in [3.05, 3.63) is 35.1 Å². The van der Waals surface area contributed by atoms with Crippen molar-refractivity contribution in [2.24, 2.45) is 5.92 Å². The zero-order valence-corrected chi connectivity index (χ0v) is 9.21. The highest BCUT2D eigenvalue weighted by Crippen LogP contribution is 2.32. The molecular weight excluding hydrogens is 245 g/mol. The molecule has 1 aliphatic carbocycles. The number of rotatable bonds is 3. The maximum absolute atomic E-state index is 13.3. The second-order valence-corrected chi connectivity index (χ2v) is 4.16. The van der Waals surface area contributed by atoms with Crippen molar-refractivity contribution in [2.45, 2.75) is 18.9 Å². The number of benzene rings is 1. The summed E-state index contributed by atoms with van der Waals surface area (Å²) in [6.45, 7) is 0. The third-order valence-electron chi connectivity index (χ3n) is 2.75. The minimum absolute atomic E-state index is 0.0329. The van der Waals surface area contributed by atoms with Crippen LogP contribution in [0.15, 0.2) is 12.1 Å². The summed E-state index contributed by atoms with van der Waals surface area (Å²) in [7, 11) is 0. The van der Waals surface area contributed by atoms with Gasteiger partial charge in [0.25, 0.3) is 5.91 Å². The first kappa shape index (κ1) is 12.4. The summed E-state index contributed by atoms with van der Waals surface area (Å²) in [4.78, 5) is 11.6. The number of nitrogens with zero attached hydrogens (tertiary/aromatic N) is 1. The normalized spacial score (nSPS) is 15.9. The van der Waals surface area contributed by atoms with Crippen LogP contribution < -0.4 is 5.32 Å². The predicted molar refractivity (Wildman–Crippen MR) is 55.9 cm³/mol. The second kappa shape index (κ2) is 4.69. The maximum Gasteiger partial charge on any atom is 0.258 e. The number of carbonyl (C=O) groups excluding carboxylic acids is 1. The zero-order valence-electron chi connectivity index (χ0n) is 9.21. The first-order valence-corrected chi connectivity index (χ1v) is 5.38. The minimum Gasteiger partial charge on any atom is -0.336 e. The number of hydrogen-bond donors (Lipinski definition) is 1. The molecule has 0 aliphatic heterocycles. The first-order chi connectivity index (χ1) is 8.52. The van der Waals surface area contributed by atoms with E-state index in [1.54, 1.807) is 0 Å². The smallest absolute Gasteiger partial charge is 0.258 e. The molecule has 0 radical (unpaired) electrons. The second-order valence-electron chi connectivity index (χ2n) is 4.16. The molecule has 6 heteroatoms. The van der Waals surface area contributed by atoms with Gasteiger partial charge in [0, 0.05) is 12.1 Å². The van der Waals surface area contributed by atoms with Crippen LogP contribution in [-0.2, 0) is 0 Å². The molecule has 1 aromatic rings. The Morgan fingerprint density at radius 2 is 1.89 bits per heavy atom. The van der Waals surface area contributed by atoms with E-state index in [0.29, 0.717) is 12.1 Å². The third kappa shape index (κ3) is 2.45. The summed E-state index contributed by atoms with van der Waals surface area (Å²) >= 11 is 0. The Bertz CT molecular complexity index is 512. The van der Waals surface area contributed by atoms with Gasteiger partial charge in [0.15, 0.2) is 0 Å². The molecule has 1 aromatic carbocycles. The molecular formula is C12H9F3N2O. The first-order valence-electron chi connectivity index (χ1n) is 5.38. The molecule has 1 saturated carbocycles. The van der Waals surface area contributed by atoms with E-state index in [1.165, 1.54) is 0 Å².